The first-order valence-electron chi connectivity index (χ1n) is 6.73. The molecule has 0 saturated carbocycles. The molecular formula is C15H24N4. The fourth-order valence-corrected chi connectivity index (χ4v) is 2.45. The normalized spacial score (nSPS) is 12.5. The van der Waals surface area contributed by atoms with E-state index < -0.39 is 0 Å². The number of H-pyrrole nitrogens is 1. The molecule has 0 aliphatic rings. The fourth-order valence-electron chi connectivity index (χ4n) is 2.45. The van der Waals surface area contributed by atoms with Crippen LogP contribution in [0.1, 0.15) is 25.2 Å². The Morgan fingerprint density at radius 1 is 1.37 bits per heavy atom. The lowest BCUT2D eigenvalue weighted by Gasteiger charge is -2.29. The first kappa shape index (κ1) is 14.0. The smallest absolute Gasteiger partial charge is 0.104 e. The summed E-state index contributed by atoms with van der Waals surface area (Å²) in [5, 5.41) is 0. The molecule has 1 aromatic heterocycles. The number of aromatic nitrogens is 2. The van der Waals surface area contributed by atoms with Gasteiger partial charge in [0.1, 0.15) is 5.82 Å². The number of benzene rings is 1. The number of nitrogens with zero attached hydrogens (tertiary/aromatic N) is 2. The molecule has 0 aliphatic heterocycles. The third kappa shape index (κ3) is 3.55. The van der Waals surface area contributed by atoms with E-state index in [0.29, 0.717) is 6.54 Å². The lowest BCUT2D eigenvalue weighted by atomic mass is 9.93. The summed E-state index contributed by atoms with van der Waals surface area (Å²) in [4.78, 5) is 10.0. The third-order valence-electron chi connectivity index (χ3n) is 3.37. The summed E-state index contributed by atoms with van der Waals surface area (Å²) in [6.45, 7) is 9.00. The number of nitrogens with one attached hydrogen (secondary N) is 1. The third-order valence-corrected chi connectivity index (χ3v) is 3.37. The zero-order valence-electron chi connectivity index (χ0n) is 12.3. The Kier molecular flexibility index (Phi) is 3.92. The Labute approximate surface area is 115 Å². The van der Waals surface area contributed by atoms with Crippen LogP contribution in [0.4, 0.5) is 0 Å². The molecule has 0 fully saturated rings. The minimum Gasteiger partial charge on any atom is -0.342 e. The fraction of sp³-hybridized carbons (Fsp3) is 0.533. The molecule has 104 valence electrons. The molecule has 0 amide bonds. The Bertz CT molecular complexity index is 556. The highest BCUT2D eigenvalue weighted by molar-refractivity contribution is 5.75. The first-order chi connectivity index (χ1) is 8.89. The molecule has 2 rings (SSSR count). The number of fused-ring (bicyclic) bond motifs is 1. The summed E-state index contributed by atoms with van der Waals surface area (Å²) in [6.07, 6.45) is 0. The van der Waals surface area contributed by atoms with Crippen molar-refractivity contribution in [2.24, 2.45) is 11.1 Å². The number of rotatable bonds is 5. The van der Waals surface area contributed by atoms with Crippen molar-refractivity contribution in [3.63, 3.8) is 0 Å². The van der Waals surface area contributed by atoms with E-state index in [0.717, 1.165) is 29.9 Å². The van der Waals surface area contributed by atoms with Gasteiger partial charge in [-0.15, -0.1) is 0 Å². The molecule has 2 aromatic rings. The maximum absolute atomic E-state index is 5.79. The van der Waals surface area contributed by atoms with Gasteiger partial charge in [0.2, 0.25) is 0 Å². The van der Waals surface area contributed by atoms with Crippen molar-refractivity contribution in [1.29, 1.82) is 0 Å². The van der Waals surface area contributed by atoms with Crippen LogP contribution < -0.4 is 5.73 Å². The van der Waals surface area contributed by atoms with Crippen molar-refractivity contribution >= 4 is 11.0 Å². The molecule has 3 N–H and O–H groups in total. The molecule has 1 aromatic carbocycles. The number of hydrogen-bond acceptors (Lipinski definition) is 3. The Morgan fingerprint density at radius 3 is 2.79 bits per heavy atom. The zero-order valence-corrected chi connectivity index (χ0v) is 12.3. The maximum atomic E-state index is 5.79. The topological polar surface area (TPSA) is 57.9 Å². The van der Waals surface area contributed by atoms with Gasteiger partial charge in [0.25, 0.3) is 0 Å². The van der Waals surface area contributed by atoms with Gasteiger partial charge in [0, 0.05) is 13.1 Å². The number of nitrogens with two attached hydrogens (primary N) is 1. The van der Waals surface area contributed by atoms with Crippen molar-refractivity contribution in [1.82, 2.24) is 14.9 Å². The molecule has 1 heterocycles. The van der Waals surface area contributed by atoms with Crippen molar-refractivity contribution in [3.8, 4) is 0 Å². The lowest BCUT2D eigenvalue weighted by molar-refractivity contribution is 0.210. The summed E-state index contributed by atoms with van der Waals surface area (Å²) >= 11 is 0. The largest absolute Gasteiger partial charge is 0.342 e. The van der Waals surface area contributed by atoms with E-state index in [4.69, 9.17) is 5.73 Å². The summed E-state index contributed by atoms with van der Waals surface area (Å²) in [6, 6.07) is 6.41. The van der Waals surface area contributed by atoms with Crippen molar-refractivity contribution in [2.75, 3.05) is 20.1 Å². The summed E-state index contributed by atoms with van der Waals surface area (Å²) in [7, 11) is 2.14. The van der Waals surface area contributed by atoms with Crippen LogP contribution in [0.15, 0.2) is 18.2 Å². The van der Waals surface area contributed by atoms with E-state index in [1.54, 1.807) is 0 Å². The van der Waals surface area contributed by atoms with E-state index in [-0.39, 0.29) is 5.41 Å². The van der Waals surface area contributed by atoms with Gasteiger partial charge in [-0.2, -0.15) is 0 Å². The van der Waals surface area contributed by atoms with Crippen LogP contribution in [-0.4, -0.2) is 35.0 Å². The minimum absolute atomic E-state index is 0.156. The number of aryl methyl sites for hydroxylation is 1. The van der Waals surface area contributed by atoms with Crippen LogP contribution in [0, 0.1) is 12.3 Å². The molecule has 4 nitrogen and oxygen atoms in total. The van der Waals surface area contributed by atoms with Crippen LogP contribution in [0.25, 0.3) is 11.0 Å². The zero-order chi connectivity index (χ0) is 14.0. The molecule has 19 heavy (non-hydrogen) atoms. The Hall–Kier alpha value is -1.39. The average Bonchev–Trinajstić information content (AvgIpc) is 2.67. The summed E-state index contributed by atoms with van der Waals surface area (Å²) in [5.74, 6) is 0.963. The monoisotopic (exact) mass is 260 g/mol. The maximum Gasteiger partial charge on any atom is 0.104 e. The number of aromatic amines is 1. The highest BCUT2D eigenvalue weighted by Crippen LogP contribution is 2.18. The Morgan fingerprint density at radius 2 is 2.11 bits per heavy atom. The van der Waals surface area contributed by atoms with E-state index in [9.17, 15) is 0 Å². The van der Waals surface area contributed by atoms with Crippen molar-refractivity contribution in [3.05, 3.63) is 29.6 Å². The van der Waals surface area contributed by atoms with Gasteiger partial charge in [0.05, 0.1) is 11.0 Å². The highest BCUT2D eigenvalue weighted by Gasteiger charge is 2.18. The van der Waals surface area contributed by atoms with Gasteiger partial charge in [0.15, 0.2) is 0 Å². The second-order valence-electron chi connectivity index (χ2n) is 6.21. The molecular weight excluding hydrogens is 236 g/mol. The number of imidazole rings is 1. The van der Waals surface area contributed by atoms with E-state index >= 15 is 0 Å². The Balaban J connectivity index is 2.08. The van der Waals surface area contributed by atoms with Gasteiger partial charge in [-0.3, -0.25) is 0 Å². The average molecular weight is 260 g/mol. The molecule has 0 bridgehead atoms. The molecule has 0 radical (unpaired) electrons. The first-order valence-corrected chi connectivity index (χ1v) is 6.73. The van der Waals surface area contributed by atoms with Gasteiger partial charge in [-0.25, -0.2) is 4.98 Å². The second-order valence-corrected chi connectivity index (χ2v) is 6.21. The van der Waals surface area contributed by atoms with E-state index in [1.165, 1.54) is 5.56 Å². The predicted molar refractivity (Wildman–Crippen MR) is 80.0 cm³/mol. The standard InChI is InChI=1S/C15H24N4/c1-11-17-13-6-5-12(7-14(13)18-11)8-19(4)10-15(2,3)9-16/h5-7H,8-10,16H2,1-4H3,(H,17,18). The second kappa shape index (κ2) is 5.31. The molecule has 0 aliphatic carbocycles. The van der Waals surface area contributed by atoms with Crippen LogP contribution in [0.5, 0.6) is 0 Å². The molecule has 0 saturated heterocycles. The van der Waals surface area contributed by atoms with Crippen LogP contribution in [0.2, 0.25) is 0 Å². The van der Waals surface area contributed by atoms with Gasteiger partial charge in [-0.05, 0) is 43.6 Å². The summed E-state index contributed by atoms with van der Waals surface area (Å²) in [5.41, 5.74) is 9.39. The van der Waals surface area contributed by atoms with Crippen LogP contribution in [0.3, 0.4) is 0 Å². The van der Waals surface area contributed by atoms with Gasteiger partial charge >= 0.3 is 0 Å². The molecule has 0 atom stereocenters. The van der Waals surface area contributed by atoms with Gasteiger partial charge in [-0.1, -0.05) is 19.9 Å². The molecule has 0 spiro atoms. The van der Waals surface area contributed by atoms with Crippen LogP contribution >= 0.6 is 0 Å². The van der Waals surface area contributed by atoms with Crippen LogP contribution in [-0.2, 0) is 6.54 Å². The summed E-state index contributed by atoms with van der Waals surface area (Å²) < 4.78 is 0. The van der Waals surface area contributed by atoms with E-state index in [2.05, 4.69) is 54.0 Å². The van der Waals surface area contributed by atoms with E-state index in [1.807, 2.05) is 6.92 Å². The van der Waals surface area contributed by atoms with Crippen molar-refractivity contribution in [2.45, 2.75) is 27.3 Å². The SMILES string of the molecule is Cc1nc2ccc(CN(C)CC(C)(C)CN)cc2[nH]1. The van der Waals surface area contributed by atoms with Gasteiger partial charge < -0.3 is 15.6 Å². The highest BCUT2D eigenvalue weighted by atomic mass is 15.1. The number of hydrogen-bond donors (Lipinski definition) is 2. The predicted octanol–water partition coefficient (Wildman–Crippen LogP) is 2.29. The lowest BCUT2D eigenvalue weighted by Crippen LogP contribution is -2.36. The van der Waals surface area contributed by atoms with Crippen molar-refractivity contribution < 1.29 is 0 Å². The quantitative estimate of drug-likeness (QED) is 0.867. The molecule has 4 heteroatoms. The minimum atomic E-state index is 0.156. The molecule has 0 unspecified atom stereocenters.